The van der Waals surface area contributed by atoms with Gasteiger partial charge in [0.05, 0.1) is 12.1 Å². The molecule has 0 saturated heterocycles. The number of rotatable bonds is 6. The minimum Gasteiger partial charge on any atom is -0.492 e. The van der Waals surface area contributed by atoms with Crippen molar-refractivity contribution < 1.29 is 9.84 Å². The van der Waals surface area contributed by atoms with Crippen molar-refractivity contribution in [1.29, 1.82) is 0 Å². The first-order valence-corrected chi connectivity index (χ1v) is 6.06. The number of aliphatic hydroxyl groups excluding tert-OH is 1. The van der Waals surface area contributed by atoms with E-state index >= 15 is 0 Å². The van der Waals surface area contributed by atoms with E-state index in [0.717, 1.165) is 12.3 Å². The topological polar surface area (TPSA) is 41.5 Å². The highest BCUT2D eigenvalue weighted by Gasteiger charge is 2.22. The van der Waals surface area contributed by atoms with E-state index in [4.69, 9.17) is 4.74 Å². The molecule has 0 spiro atoms. The maximum Gasteiger partial charge on any atom is 0.119 e. The normalized spacial score (nSPS) is 14.4. The largest absolute Gasteiger partial charge is 0.492 e. The van der Waals surface area contributed by atoms with Crippen molar-refractivity contribution in [3.05, 3.63) is 29.3 Å². The van der Waals surface area contributed by atoms with Crippen molar-refractivity contribution in [1.82, 2.24) is 5.32 Å². The van der Waals surface area contributed by atoms with Gasteiger partial charge in [-0.2, -0.15) is 0 Å². The van der Waals surface area contributed by atoms with Gasteiger partial charge in [0.1, 0.15) is 12.4 Å². The molecule has 1 rings (SSSR count). The Balaban J connectivity index is 2.62. The molecule has 0 radical (unpaired) electrons. The van der Waals surface area contributed by atoms with E-state index in [2.05, 4.69) is 19.2 Å². The predicted octanol–water partition coefficient (Wildman–Crippen LogP) is 2.04. The molecule has 1 aromatic carbocycles. The molecule has 0 aliphatic heterocycles. The summed E-state index contributed by atoms with van der Waals surface area (Å²) in [5.41, 5.74) is 2.10. The molecule has 0 aliphatic rings. The summed E-state index contributed by atoms with van der Waals surface area (Å²) in [6, 6.07) is 6.04. The third kappa shape index (κ3) is 4.02. The molecule has 3 heteroatoms. The van der Waals surface area contributed by atoms with Crippen LogP contribution in [0.15, 0.2) is 18.2 Å². The van der Waals surface area contributed by atoms with Crippen molar-refractivity contribution >= 4 is 0 Å². The van der Waals surface area contributed by atoms with Gasteiger partial charge in [0.15, 0.2) is 0 Å². The second-order valence-corrected chi connectivity index (χ2v) is 4.78. The van der Waals surface area contributed by atoms with E-state index in [9.17, 15) is 5.11 Å². The van der Waals surface area contributed by atoms with Crippen molar-refractivity contribution in [2.24, 2.45) is 0 Å². The fraction of sp³-hybridized carbons (Fsp3) is 0.571. The highest BCUT2D eigenvalue weighted by atomic mass is 16.5. The molecule has 0 fully saturated rings. The van der Waals surface area contributed by atoms with Crippen LogP contribution in [-0.2, 0) is 0 Å². The van der Waals surface area contributed by atoms with Crippen LogP contribution in [0.3, 0.4) is 0 Å². The van der Waals surface area contributed by atoms with Crippen LogP contribution in [0.5, 0.6) is 5.75 Å². The molecule has 0 aromatic heterocycles. The lowest BCUT2D eigenvalue weighted by molar-refractivity contribution is 0.117. The van der Waals surface area contributed by atoms with Crippen molar-refractivity contribution in [3.8, 4) is 5.75 Å². The molecule has 2 N–H and O–H groups in total. The molecule has 17 heavy (non-hydrogen) atoms. The Bertz CT molecular complexity index is 365. The lowest BCUT2D eigenvalue weighted by Crippen LogP contribution is -2.50. The highest BCUT2D eigenvalue weighted by Crippen LogP contribution is 2.17. The fourth-order valence-corrected chi connectivity index (χ4v) is 1.63. The number of hydrogen-bond acceptors (Lipinski definition) is 3. The van der Waals surface area contributed by atoms with Gasteiger partial charge in [0, 0.05) is 0 Å². The average molecular weight is 237 g/mol. The number of hydrogen-bond donors (Lipinski definition) is 2. The Morgan fingerprint density at radius 1 is 1.29 bits per heavy atom. The van der Waals surface area contributed by atoms with E-state index in [0.29, 0.717) is 6.61 Å². The Hall–Kier alpha value is -1.06. The number of nitrogens with one attached hydrogen (secondary N) is 1. The summed E-state index contributed by atoms with van der Waals surface area (Å²) in [4.78, 5) is 0. The van der Waals surface area contributed by atoms with Gasteiger partial charge in [-0.25, -0.2) is 0 Å². The predicted molar refractivity (Wildman–Crippen MR) is 70.6 cm³/mol. The third-order valence-corrected chi connectivity index (χ3v) is 2.99. The first-order chi connectivity index (χ1) is 8.00. The number of ether oxygens (including phenoxy) is 1. The lowest BCUT2D eigenvalue weighted by Gasteiger charge is -2.28. The third-order valence-electron chi connectivity index (χ3n) is 2.99. The fourth-order valence-electron chi connectivity index (χ4n) is 1.63. The average Bonchev–Trinajstić information content (AvgIpc) is 2.31. The van der Waals surface area contributed by atoms with Gasteiger partial charge in [0.25, 0.3) is 0 Å². The van der Waals surface area contributed by atoms with Crippen molar-refractivity contribution in [3.63, 3.8) is 0 Å². The molecule has 0 amide bonds. The number of benzene rings is 1. The Morgan fingerprint density at radius 3 is 2.53 bits per heavy atom. The molecule has 0 heterocycles. The lowest BCUT2D eigenvalue weighted by atomic mass is 10.1. The highest BCUT2D eigenvalue weighted by molar-refractivity contribution is 5.33. The summed E-state index contributed by atoms with van der Waals surface area (Å²) in [7, 11) is 0. The summed E-state index contributed by atoms with van der Waals surface area (Å²) >= 11 is 0. The molecule has 1 atom stereocenters. The van der Waals surface area contributed by atoms with Gasteiger partial charge < -0.3 is 15.2 Å². The van der Waals surface area contributed by atoms with Gasteiger partial charge in [-0.3, -0.25) is 0 Å². The molecular weight excluding hydrogens is 214 g/mol. The molecule has 1 aromatic rings. The summed E-state index contributed by atoms with van der Waals surface area (Å²) < 4.78 is 5.73. The van der Waals surface area contributed by atoms with E-state index in [1.807, 2.05) is 32.0 Å². The number of aryl methyl sites for hydroxylation is 2. The Morgan fingerprint density at radius 2 is 2.00 bits per heavy atom. The van der Waals surface area contributed by atoms with E-state index in [1.165, 1.54) is 11.1 Å². The SMILES string of the molecule is CCNC(C)(CO)COc1ccc(C)c(C)c1. The second kappa shape index (κ2) is 6.03. The zero-order chi connectivity index (χ0) is 12.9. The van der Waals surface area contributed by atoms with E-state index < -0.39 is 0 Å². The minimum absolute atomic E-state index is 0.0612. The zero-order valence-corrected chi connectivity index (χ0v) is 11.2. The van der Waals surface area contributed by atoms with E-state index in [-0.39, 0.29) is 12.1 Å². The van der Waals surface area contributed by atoms with Gasteiger partial charge in [0.2, 0.25) is 0 Å². The van der Waals surface area contributed by atoms with Crippen molar-refractivity contribution in [2.75, 3.05) is 19.8 Å². The Labute approximate surface area is 104 Å². The molecule has 0 aliphatic carbocycles. The van der Waals surface area contributed by atoms with Crippen LogP contribution in [0.25, 0.3) is 0 Å². The van der Waals surface area contributed by atoms with Gasteiger partial charge in [-0.05, 0) is 50.6 Å². The zero-order valence-electron chi connectivity index (χ0n) is 11.2. The number of aliphatic hydroxyl groups is 1. The van der Waals surface area contributed by atoms with Crippen LogP contribution in [0.2, 0.25) is 0 Å². The van der Waals surface area contributed by atoms with Crippen molar-refractivity contribution in [2.45, 2.75) is 33.2 Å². The summed E-state index contributed by atoms with van der Waals surface area (Å²) in [6.45, 7) is 9.45. The summed E-state index contributed by atoms with van der Waals surface area (Å²) in [5, 5.41) is 12.6. The first kappa shape index (κ1) is 14.0. The van der Waals surface area contributed by atoms with Crippen LogP contribution in [0, 0.1) is 13.8 Å². The minimum atomic E-state index is -0.381. The standard InChI is InChI=1S/C14H23NO2/c1-5-15-14(4,9-16)10-17-13-7-6-11(2)12(3)8-13/h6-8,15-16H,5,9-10H2,1-4H3. The quantitative estimate of drug-likeness (QED) is 0.795. The molecule has 0 saturated carbocycles. The van der Waals surface area contributed by atoms with E-state index in [1.54, 1.807) is 0 Å². The molecule has 96 valence electrons. The molecule has 1 unspecified atom stereocenters. The maximum atomic E-state index is 9.35. The number of likely N-dealkylation sites (N-methyl/N-ethyl adjacent to an activating group) is 1. The second-order valence-electron chi connectivity index (χ2n) is 4.78. The first-order valence-electron chi connectivity index (χ1n) is 6.06. The van der Waals surface area contributed by atoms with Crippen LogP contribution in [0.4, 0.5) is 0 Å². The molecule has 0 bridgehead atoms. The van der Waals surface area contributed by atoms with Gasteiger partial charge in [-0.1, -0.05) is 13.0 Å². The van der Waals surface area contributed by atoms with Gasteiger partial charge in [-0.15, -0.1) is 0 Å². The van der Waals surface area contributed by atoms with Crippen LogP contribution < -0.4 is 10.1 Å². The van der Waals surface area contributed by atoms with Gasteiger partial charge >= 0.3 is 0 Å². The monoisotopic (exact) mass is 237 g/mol. The van der Waals surface area contributed by atoms with Crippen LogP contribution >= 0.6 is 0 Å². The summed E-state index contributed by atoms with van der Waals surface area (Å²) in [5.74, 6) is 0.852. The molecule has 3 nitrogen and oxygen atoms in total. The van der Waals surface area contributed by atoms with Crippen LogP contribution in [-0.4, -0.2) is 30.4 Å². The smallest absolute Gasteiger partial charge is 0.119 e. The summed E-state index contributed by atoms with van der Waals surface area (Å²) in [6.07, 6.45) is 0. The molecular formula is C14H23NO2. The maximum absolute atomic E-state index is 9.35. The Kier molecular flexibility index (Phi) is 4.97. The van der Waals surface area contributed by atoms with Crippen LogP contribution in [0.1, 0.15) is 25.0 Å².